The van der Waals surface area contributed by atoms with E-state index in [1.165, 1.54) is 23.8 Å². The average Bonchev–Trinajstić information content (AvgIpc) is 2.98. The highest BCUT2D eigenvalue weighted by molar-refractivity contribution is 5.72. The van der Waals surface area contributed by atoms with E-state index in [4.69, 9.17) is 9.15 Å². The van der Waals surface area contributed by atoms with E-state index in [0.29, 0.717) is 0 Å². The summed E-state index contributed by atoms with van der Waals surface area (Å²) in [5.74, 6) is 0.880. The van der Waals surface area contributed by atoms with Gasteiger partial charge in [-0.15, -0.1) is 0 Å². The van der Waals surface area contributed by atoms with Crippen molar-refractivity contribution in [3.05, 3.63) is 72.3 Å². The Morgan fingerprint density at radius 1 is 1.18 bits per heavy atom. The number of aryl methyl sites for hydroxylation is 3. The van der Waals surface area contributed by atoms with Crippen LogP contribution in [0.15, 0.2) is 60.1 Å². The zero-order valence-corrected chi connectivity index (χ0v) is 13.3. The molecule has 0 aliphatic heterocycles. The van der Waals surface area contributed by atoms with Crippen LogP contribution in [-0.4, -0.2) is 4.98 Å². The Kier molecular flexibility index (Phi) is 5.37. The molecule has 2 aromatic carbocycles. The van der Waals surface area contributed by atoms with Crippen molar-refractivity contribution in [2.24, 2.45) is 0 Å². The fourth-order valence-corrected chi connectivity index (χ4v) is 2.14. The maximum absolute atomic E-state index is 5.16. The van der Waals surface area contributed by atoms with E-state index in [-0.39, 0.29) is 0 Å². The van der Waals surface area contributed by atoms with Gasteiger partial charge in [-0.1, -0.05) is 37.3 Å². The predicted octanol–water partition coefficient (Wildman–Crippen LogP) is 5.22. The van der Waals surface area contributed by atoms with Crippen LogP contribution in [0, 0.1) is 13.8 Å². The van der Waals surface area contributed by atoms with Crippen LogP contribution in [0.25, 0.3) is 11.1 Å². The van der Waals surface area contributed by atoms with Crippen LogP contribution in [0.2, 0.25) is 0 Å². The Morgan fingerprint density at radius 2 is 2.00 bits per heavy atom. The van der Waals surface area contributed by atoms with Gasteiger partial charge in [-0.25, -0.2) is 4.98 Å². The second-order valence-corrected chi connectivity index (χ2v) is 5.06. The fourth-order valence-electron chi connectivity index (χ4n) is 2.14. The van der Waals surface area contributed by atoms with Crippen molar-refractivity contribution >= 4 is 11.1 Å². The van der Waals surface area contributed by atoms with Crippen molar-refractivity contribution in [2.45, 2.75) is 27.2 Å². The Hall–Kier alpha value is -2.55. The number of nitrogens with zero attached hydrogens (tertiary/aromatic N) is 1. The number of rotatable bonds is 3. The first kappa shape index (κ1) is 15.8. The summed E-state index contributed by atoms with van der Waals surface area (Å²) >= 11 is 0. The van der Waals surface area contributed by atoms with Gasteiger partial charge in [-0.3, -0.25) is 0 Å². The van der Waals surface area contributed by atoms with Crippen molar-refractivity contribution in [1.29, 1.82) is 0 Å². The molecule has 3 nitrogen and oxygen atoms in total. The summed E-state index contributed by atoms with van der Waals surface area (Å²) in [5.41, 5.74) is 5.50. The van der Waals surface area contributed by atoms with E-state index < -0.39 is 0 Å². The number of oxazole rings is 1. The molecule has 0 N–H and O–H groups in total. The Labute approximate surface area is 131 Å². The summed E-state index contributed by atoms with van der Waals surface area (Å²) in [6.07, 6.45) is 3.96. The quantitative estimate of drug-likeness (QED) is 0.622. The third-order valence-corrected chi connectivity index (χ3v) is 3.34. The third-order valence-electron chi connectivity index (χ3n) is 3.34. The lowest BCUT2D eigenvalue weighted by atomic mass is 10.1. The molecule has 0 unspecified atom stereocenters. The molecule has 1 aromatic heterocycles. The molecule has 0 aliphatic carbocycles. The summed E-state index contributed by atoms with van der Waals surface area (Å²) < 4.78 is 10.3. The van der Waals surface area contributed by atoms with Crippen molar-refractivity contribution in [1.82, 2.24) is 4.98 Å². The molecule has 3 heteroatoms. The average molecular weight is 295 g/mol. The van der Waals surface area contributed by atoms with E-state index in [2.05, 4.69) is 43.6 Å². The van der Waals surface area contributed by atoms with Crippen molar-refractivity contribution in [2.75, 3.05) is 0 Å². The maximum Gasteiger partial charge on any atom is 0.181 e. The van der Waals surface area contributed by atoms with Gasteiger partial charge in [-0.05, 0) is 49.6 Å². The van der Waals surface area contributed by atoms with Crippen molar-refractivity contribution in [3.63, 3.8) is 0 Å². The molecule has 0 radical (unpaired) electrons. The SMILES string of the molecule is C=COc1ccc(C)cc1C.CCc1ccc2ocnc2c1. The molecule has 0 saturated carbocycles. The second kappa shape index (κ2) is 7.46. The summed E-state index contributed by atoms with van der Waals surface area (Å²) in [6, 6.07) is 12.1. The Balaban J connectivity index is 0.000000160. The number of benzene rings is 2. The normalized spacial score (nSPS) is 9.95. The monoisotopic (exact) mass is 295 g/mol. The zero-order chi connectivity index (χ0) is 15.9. The number of hydrogen-bond donors (Lipinski definition) is 0. The van der Waals surface area contributed by atoms with E-state index in [1.54, 1.807) is 0 Å². The Bertz CT molecular complexity index is 759. The van der Waals surface area contributed by atoms with Gasteiger partial charge in [0.15, 0.2) is 12.0 Å². The first-order valence-electron chi connectivity index (χ1n) is 7.31. The summed E-state index contributed by atoms with van der Waals surface area (Å²) in [5, 5.41) is 0. The van der Waals surface area contributed by atoms with E-state index in [0.717, 1.165) is 28.8 Å². The summed E-state index contributed by atoms with van der Waals surface area (Å²) in [4.78, 5) is 4.06. The van der Waals surface area contributed by atoms with Crippen molar-refractivity contribution in [3.8, 4) is 5.75 Å². The second-order valence-electron chi connectivity index (χ2n) is 5.06. The largest absolute Gasteiger partial charge is 0.465 e. The summed E-state index contributed by atoms with van der Waals surface area (Å²) in [6.45, 7) is 9.70. The van der Waals surface area contributed by atoms with Gasteiger partial charge in [0.05, 0.1) is 6.26 Å². The van der Waals surface area contributed by atoms with Crippen LogP contribution in [0.5, 0.6) is 5.75 Å². The minimum atomic E-state index is 0.863. The zero-order valence-electron chi connectivity index (χ0n) is 13.3. The lowest BCUT2D eigenvalue weighted by molar-refractivity contribution is 0.479. The molecule has 0 fully saturated rings. The molecule has 0 aliphatic rings. The first-order chi connectivity index (χ1) is 10.6. The van der Waals surface area contributed by atoms with Crippen LogP contribution >= 0.6 is 0 Å². The first-order valence-corrected chi connectivity index (χ1v) is 7.31. The van der Waals surface area contributed by atoms with Crippen LogP contribution in [0.1, 0.15) is 23.6 Å². The molecule has 3 aromatic rings. The molecule has 0 amide bonds. The third kappa shape index (κ3) is 3.98. The minimum Gasteiger partial charge on any atom is -0.465 e. The lowest BCUT2D eigenvalue weighted by Gasteiger charge is -2.03. The van der Waals surface area contributed by atoms with E-state index in [9.17, 15) is 0 Å². The Morgan fingerprint density at radius 3 is 2.68 bits per heavy atom. The van der Waals surface area contributed by atoms with Crippen molar-refractivity contribution < 1.29 is 9.15 Å². The molecule has 0 bridgehead atoms. The molecule has 1 heterocycles. The number of hydrogen-bond acceptors (Lipinski definition) is 3. The van der Waals surface area contributed by atoms with Gasteiger partial charge in [0, 0.05) is 0 Å². The molecule has 0 saturated heterocycles. The van der Waals surface area contributed by atoms with Crippen LogP contribution in [0.4, 0.5) is 0 Å². The van der Waals surface area contributed by atoms with Crippen LogP contribution in [-0.2, 0) is 6.42 Å². The number of ether oxygens (including phenoxy) is 1. The van der Waals surface area contributed by atoms with Crippen LogP contribution in [0.3, 0.4) is 0 Å². The van der Waals surface area contributed by atoms with E-state index >= 15 is 0 Å². The van der Waals surface area contributed by atoms with E-state index in [1.807, 2.05) is 25.1 Å². The van der Waals surface area contributed by atoms with Gasteiger partial charge < -0.3 is 9.15 Å². The van der Waals surface area contributed by atoms with Gasteiger partial charge in [-0.2, -0.15) is 0 Å². The number of fused-ring (bicyclic) bond motifs is 1. The molecule has 3 rings (SSSR count). The maximum atomic E-state index is 5.16. The standard InChI is InChI=1S/C10H12O.C9H9NO/c1-4-11-10-6-5-8(2)7-9(10)3;1-2-7-3-4-9-8(5-7)10-6-11-9/h4-7H,1H2,2-3H3;3-6H,2H2,1H3. The molecule has 0 atom stereocenters. The minimum absolute atomic E-state index is 0.863. The lowest BCUT2D eigenvalue weighted by Crippen LogP contribution is -1.85. The van der Waals surface area contributed by atoms with Gasteiger partial charge >= 0.3 is 0 Å². The number of aromatic nitrogens is 1. The molecule has 22 heavy (non-hydrogen) atoms. The van der Waals surface area contributed by atoms with Crippen LogP contribution < -0.4 is 4.74 Å². The van der Waals surface area contributed by atoms with Gasteiger partial charge in [0.25, 0.3) is 0 Å². The highest BCUT2D eigenvalue weighted by Gasteiger charge is 1.97. The molecular weight excluding hydrogens is 274 g/mol. The summed E-state index contributed by atoms with van der Waals surface area (Å²) in [7, 11) is 0. The molecular formula is C19H21NO2. The highest BCUT2D eigenvalue weighted by atomic mass is 16.5. The molecule has 114 valence electrons. The highest BCUT2D eigenvalue weighted by Crippen LogP contribution is 2.18. The van der Waals surface area contributed by atoms with Gasteiger partial charge in [0.1, 0.15) is 11.3 Å². The smallest absolute Gasteiger partial charge is 0.181 e. The fraction of sp³-hybridized carbons (Fsp3) is 0.211. The predicted molar refractivity (Wildman–Crippen MR) is 90.1 cm³/mol. The molecule has 0 spiro atoms. The van der Waals surface area contributed by atoms with Gasteiger partial charge in [0.2, 0.25) is 0 Å². The topological polar surface area (TPSA) is 35.3 Å².